The van der Waals surface area contributed by atoms with Gasteiger partial charge >= 0.3 is 0 Å². The zero-order valence-electron chi connectivity index (χ0n) is 10.7. The SMILES string of the molecule is COc1ccc(Br)cc1C[NH2+]Cc1ccc(F)cc1. The van der Waals surface area contributed by atoms with Crippen molar-refractivity contribution in [2.24, 2.45) is 0 Å². The van der Waals surface area contributed by atoms with E-state index in [9.17, 15) is 4.39 Å². The van der Waals surface area contributed by atoms with Crippen molar-refractivity contribution in [2.75, 3.05) is 7.11 Å². The van der Waals surface area contributed by atoms with Crippen molar-refractivity contribution < 1.29 is 14.4 Å². The number of benzene rings is 2. The van der Waals surface area contributed by atoms with Gasteiger partial charge in [0.2, 0.25) is 0 Å². The molecule has 2 nitrogen and oxygen atoms in total. The molecule has 100 valence electrons. The minimum absolute atomic E-state index is 0.197. The Morgan fingerprint density at radius 3 is 2.53 bits per heavy atom. The molecule has 19 heavy (non-hydrogen) atoms. The minimum Gasteiger partial charge on any atom is -0.496 e. The summed E-state index contributed by atoms with van der Waals surface area (Å²) in [6, 6.07) is 12.6. The van der Waals surface area contributed by atoms with Crippen LogP contribution in [0.4, 0.5) is 4.39 Å². The van der Waals surface area contributed by atoms with Crippen molar-refractivity contribution in [2.45, 2.75) is 13.1 Å². The lowest BCUT2D eigenvalue weighted by molar-refractivity contribution is -0.686. The average molecular weight is 325 g/mol. The number of ether oxygens (including phenoxy) is 1. The summed E-state index contributed by atoms with van der Waals surface area (Å²) >= 11 is 3.46. The number of methoxy groups -OCH3 is 1. The Morgan fingerprint density at radius 2 is 1.84 bits per heavy atom. The van der Waals surface area contributed by atoms with Crippen LogP contribution in [0.25, 0.3) is 0 Å². The van der Waals surface area contributed by atoms with E-state index in [0.29, 0.717) is 0 Å². The predicted octanol–water partition coefficient (Wildman–Crippen LogP) is 2.86. The van der Waals surface area contributed by atoms with Gasteiger partial charge in [0.1, 0.15) is 24.7 Å². The molecule has 4 heteroatoms. The van der Waals surface area contributed by atoms with Crippen LogP contribution in [-0.4, -0.2) is 7.11 Å². The van der Waals surface area contributed by atoms with E-state index in [0.717, 1.165) is 34.4 Å². The van der Waals surface area contributed by atoms with Gasteiger partial charge < -0.3 is 10.1 Å². The molecule has 2 N–H and O–H groups in total. The second-order valence-electron chi connectivity index (χ2n) is 4.28. The molecule has 0 saturated carbocycles. The number of rotatable bonds is 5. The lowest BCUT2D eigenvalue weighted by atomic mass is 10.2. The van der Waals surface area contributed by atoms with E-state index in [1.165, 1.54) is 12.1 Å². The van der Waals surface area contributed by atoms with Gasteiger partial charge in [0.25, 0.3) is 0 Å². The zero-order chi connectivity index (χ0) is 13.7. The topological polar surface area (TPSA) is 25.8 Å². The Balaban J connectivity index is 1.95. The third kappa shape index (κ3) is 4.04. The Morgan fingerprint density at radius 1 is 1.11 bits per heavy atom. The number of hydrogen-bond acceptors (Lipinski definition) is 1. The molecule has 0 radical (unpaired) electrons. The Hall–Kier alpha value is -1.39. The second-order valence-corrected chi connectivity index (χ2v) is 5.20. The number of nitrogens with two attached hydrogens (primary N) is 1. The third-order valence-electron chi connectivity index (χ3n) is 2.90. The quantitative estimate of drug-likeness (QED) is 0.899. The van der Waals surface area contributed by atoms with Crippen LogP contribution < -0.4 is 10.1 Å². The first-order valence-corrected chi connectivity index (χ1v) is 6.87. The van der Waals surface area contributed by atoms with Crippen LogP contribution in [0.1, 0.15) is 11.1 Å². The van der Waals surface area contributed by atoms with Crippen molar-refractivity contribution in [3.05, 3.63) is 63.9 Å². The monoisotopic (exact) mass is 324 g/mol. The summed E-state index contributed by atoms with van der Waals surface area (Å²) in [6.07, 6.45) is 0. The molecule has 0 aromatic heterocycles. The first kappa shape index (κ1) is 14.0. The average Bonchev–Trinajstić information content (AvgIpc) is 2.41. The van der Waals surface area contributed by atoms with Crippen LogP contribution in [-0.2, 0) is 13.1 Å². The van der Waals surface area contributed by atoms with Gasteiger partial charge in [-0.2, -0.15) is 0 Å². The highest BCUT2D eigenvalue weighted by Crippen LogP contribution is 2.21. The Bertz CT molecular complexity index is 542. The molecule has 0 unspecified atom stereocenters. The van der Waals surface area contributed by atoms with Crippen LogP contribution in [0.15, 0.2) is 46.9 Å². The third-order valence-corrected chi connectivity index (χ3v) is 3.39. The van der Waals surface area contributed by atoms with Crippen LogP contribution in [0, 0.1) is 5.82 Å². The zero-order valence-corrected chi connectivity index (χ0v) is 12.3. The summed E-state index contributed by atoms with van der Waals surface area (Å²) in [5.41, 5.74) is 2.24. The Labute approximate surface area is 120 Å². The van der Waals surface area contributed by atoms with Crippen molar-refractivity contribution in [1.82, 2.24) is 0 Å². The fraction of sp³-hybridized carbons (Fsp3) is 0.200. The first-order chi connectivity index (χ1) is 9.19. The minimum atomic E-state index is -0.197. The van der Waals surface area contributed by atoms with Gasteiger partial charge in [-0.25, -0.2) is 4.39 Å². The molecule has 0 aliphatic carbocycles. The van der Waals surface area contributed by atoms with E-state index >= 15 is 0 Å². The summed E-state index contributed by atoms with van der Waals surface area (Å²) in [5.74, 6) is 0.691. The summed E-state index contributed by atoms with van der Waals surface area (Å²) < 4.78 is 19.2. The fourth-order valence-corrected chi connectivity index (χ4v) is 2.33. The van der Waals surface area contributed by atoms with Crippen molar-refractivity contribution in [1.29, 1.82) is 0 Å². The van der Waals surface area contributed by atoms with Crippen LogP contribution in [0.3, 0.4) is 0 Å². The van der Waals surface area contributed by atoms with Gasteiger partial charge in [-0.15, -0.1) is 0 Å². The molecular formula is C15H16BrFNO+. The summed E-state index contributed by atoms with van der Waals surface area (Å²) in [5, 5.41) is 2.16. The van der Waals surface area contributed by atoms with Crippen molar-refractivity contribution in [3.63, 3.8) is 0 Å². The standard InChI is InChI=1S/C15H15BrFNO/c1-19-15-7-4-13(16)8-12(15)10-18-9-11-2-5-14(17)6-3-11/h2-8,18H,9-10H2,1H3/p+1. The highest BCUT2D eigenvalue weighted by atomic mass is 79.9. The second kappa shape index (κ2) is 6.68. The smallest absolute Gasteiger partial charge is 0.127 e. The lowest BCUT2D eigenvalue weighted by Gasteiger charge is -2.08. The molecular weight excluding hydrogens is 309 g/mol. The molecule has 0 atom stereocenters. The van der Waals surface area contributed by atoms with E-state index in [1.54, 1.807) is 7.11 Å². The molecule has 2 aromatic rings. The molecule has 0 heterocycles. The van der Waals surface area contributed by atoms with E-state index in [1.807, 2.05) is 24.3 Å². The van der Waals surface area contributed by atoms with Gasteiger partial charge in [-0.1, -0.05) is 28.1 Å². The van der Waals surface area contributed by atoms with E-state index in [-0.39, 0.29) is 5.82 Å². The van der Waals surface area contributed by atoms with Crippen LogP contribution in [0.5, 0.6) is 5.75 Å². The highest BCUT2D eigenvalue weighted by molar-refractivity contribution is 9.10. The van der Waals surface area contributed by atoms with Gasteiger partial charge in [-0.05, 0) is 30.3 Å². The summed E-state index contributed by atoms with van der Waals surface area (Å²) in [7, 11) is 1.67. The van der Waals surface area contributed by atoms with Crippen LogP contribution in [0.2, 0.25) is 0 Å². The molecule has 2 rings (SSSR count). The van der Waals surface area contributed by atoms with E-state index in [2.05, 4.69) is 27.3 Å². The maximum atomic E-state index is 12.8. The van der Waals surface area contributed by atoms with Crippen molar-refractivity contribution >= 4 is 15.9 Å². The largest absolute Gasteiger partial charge is 0.496 e. The maximum Gasteiger partial charge on any atom is 0.127 e. The molecule has 0 fully saturated rings. The number of hydrogen-bond donors (Lipinski definition) is 1. The van der Waals surface area contributed by atoms with E-state index < -0.39 is 0 Å². The molecule has 2 aromatic carbocycles. The normalized spacial score (nSPS) is 10.5. The van der Waals surface area contributed by atoms with E-state index in [4.69, 9.17) is 4.74 Å². The fourth-order valence-electron chi connectivity index (χ4n) is 1.92. The lowest BCUT2D eigenvalue weighted by Crippen LogP contribution is -2.80. The molecule has 0 spiro atoms. The molecule has 0 amide bonds. The molecule has 0 saturated heterocycles. The summed E-state index contributed by atoms with van der Waals surface area (Å²) in [4.78, 5) is 0. The van der Waals surface area contributed by atoms with Gasteiger partial charge in [0.05, 0.1) is 7.11 Å². The highest BCUT2D eigenvalue weighted by Gasteiger charge is 2.05. The molecule has 0 aliphatic heterocycles. The number of halogens is 2. The summed E-state index contributed by atoms with van der Waals surface area (Å²) in [6.45, 7) is 1.63. The van der Waals surface area contributed by atoms with Crippen molar-refractivity contribution in [3.8, 4) is 5.75 Å². The first-order valence-electron chi connectivity index (χ1n) is 6.07. The Kier molecular flexibility index (Phi) is 4.93. The predicted molar refractivity (Wildman–Crippen MR) is 76.4 cm³/mol. The van der Waals surface area contributed by atoms with Gasteiger partial charge in [0, 0.05) is 15.6 Å². The van der Waals surface area contributed by atoms with Gasteiger partial charge in [0.15, 0.2) is 0 Å². The number of quaternary nitrogens is 1. The van der Waals surface area contributed by atoms with Crippen LogP contribution >= 0.6 is 15.9 Å². The molecule has 0 aliphatic rings. The van der Waals surface area contributed by atoms with Gasteiger partial charge in [-0.3, -0.25) is 0 Å². The molecule has 0 bridgehead atoms. The maximum absolute atomic E-state index is 12.8.